The van der Waals surface area contributed by atoms with E-state index >= 15 is 0 Å². The average molecular weight is 1790 g/mol. The molecule has 0 radical (unpaired) electrons. The molecule has 8 aromatic carbocycles. The first-order chi connectivity index (χ1) is 59.4. The molecule has 8 aromatic rings. The van der Waals surface area contributed by atoms with Gasteiger partial charge in [-0.2, -0.15) is 17.2 Å². The molecule has 0 heterocycles. The molecule has 0 aliphatic carbocycles. The van der Waals surface area contributed by atoms with Crippen molar-refractivity contribution in [3.8, 4) is 46.0 Å². The number of hydrogen-bond acceptors (Lipinski definition) is 20. The third kappa shape index (κ3) is 32.9. The van der Waals surface area contributed by atoms with Gasteiger partial charge in [0.1, 0.15) is 46.0 Å². The van der Waals surface area contributed by atoms with Crippen molar-refractivity contribution in [2.24, 2.45) is 23.7 Å². The van der Waals surface area contributed by atoms with Gasteiger partial charge in [-0.05, 0) is 217 Å². The van der Waals surface area contributed by atoms with Crippen molar-refractivity contribution in [1.82, 2.24) is 17.2 Å². The largest absolute Gasteiger partial charge is 0.497 e. The summed E-state index contributed by atoms with van der Waals surface area (Å²) in [6.45, 7) is 23.5. The molecule has 4 N–H and O–H groups in total. The Morgan fingerprint density at radius 3 is 0.444 bits per heavy atom. The van der Waals surface area contributed by atoms with Gasteiger partial charge < -0.3 is 58.3 Å². The van der Waals surface area contributed by atoms with E-state index in [9.17, 15) is 54.1 Å². The first-order valence-electron chi connectivity index (χ1n) is 41.3. The standard InChI is InChI=1S/4C24H33NO5S/c4*1-5-6-19(2)24(15-16-26)31(27,28)25(17-20-7-11-22(29-3)12-8-20)18-21-9-13-23(30-4)14-10-21/h4*5,7-14,19,24,26H,1,6,15-18H2,2-4H3/t2*19-,24+;2*19-,24-/m1010/s1. The SMILES string of the molecule is C=CC[C@@H](C)[C@@H](CCO)S(=O)(=O)N(Cc1ccc(OC)cc1)Cc1ccc(OC)cc1.C=CC[C@@H](C)[C@H](CCO)S(=O)(=O)N(Cc1ccc(OC)cc1)Cc1ccc(OC)cc1.C=CC[C@H](C)[C@@H](CCO)S(=O)(=O)N(Cc1ccc(OC)cc1)Cc1ccc(OC)cc1.C=CC[C@H](C)[C@H](CCO)S(=O)(=O)N(Cc1ccc(OC)cc1)Cc1ccc(OC)cc1. The minimum atomic E-state index is -3.71. The minimum Gasteiger partial charge on any atom is -0.497 e. The lowest BCUT2D eigenvalue weighted by atomic mass is 10.0. The Hall–Kier alpha value is -9.40. The summed E-state index contributed by atoms with van der Waals surface area (Å²) >= 11 is 0. The number of hydrogen-bond donors (Lipinski definition) is 4. The summed E-state index contributed by atoms with van der Waals surface area (Å²) in [5.41, 5.74) is 6.87. The number of allylic oxidation sites excluding steroid dienone is 4. The zero-order valence-electron chi connectivity index (χ0n) is 74.1. The molecule has 0 aliphatic heterocycles. The van der Waals surface area contributed by atoms with Crippen molar-refractivity contribution in [1.29, 1.82) is 0 Å². The molecule has 0 bridgehead atoms. The fourth-order valence-electron chi connectivity index (χ4n) is 14.3. The van der Waals surface area contributed by atoms with Gasteiger partial charge in [0, 0.05) is 78.8 Å². The summed E-state index contributed by atoms with van der Waals surface area (Å²) in [7, 11) is -2.10. The van der Waals surface area contributed by atoms with Crippen molar-refractivity contribution in [2.75, 3.05) is 83.3 Å². The van der Waals surface area contributed by atoms with Crippen LogP contribution in [0.1, 0.15) is 124 Å². The van der Waals surface area contributed by atoms with E-state index in [0.717, 1.165) is 44.5 Å². The van der Waals surface area contributed by atoms with Crippen LogP contribution in [0.4, 0.5) is 0 Å². The van der Waals surface area contributed by atoms with Gasteiger partial charge in [-0.3, -0.25) is 0 Å². The summed E-state index contributed by atoms with van der Waals surface area (Å²) in [6.07, 6.45) is 9.85. The third-order valence-electron chi connectivity index (χ3n) is 21.5. The van der Waals surface area contributed by atoms with E-state index in [0.29, 0.717) is 71.7 Å². The highest BCUT2D eigenvalue weighted by Gasteiger charge is 2.40. The fraction of sp³-hybridized carbons (Fsp3) is 0.417. The molecule has 0 spiro atoms. The number of nitrogens with zero attached hydrogens (tertiary/aromatic N) is 4. The maximum absolute atomic E-state index is 13.7. The Morgan fingerprint density at radius 1 is 0.242 bits per heavy atom. The second-order valence-electron chi connectivity index (χ2n) is 30.2. The summed E-state index contributed by atoms with van der Waals surface area (Å²) in [5.74, 6) is 5.06. The predicted molar refractivity (Wildman–Crippen MR) is 494 cm³/mol. The Bertz CT molecular complexity index is 4060. The number of rotatable bonds is 52. The highest BCUT2D eigenvalue weighted by Crippen LogP contribution is 2.34. The molecule has 0 amide bonds. The summed E-state index contributed by atoms with van der Waals surface area (Å²) in [5, 5.41) is 35.4. The van der Waals surface area contributed by atoms with Crippen LogP contribution in [0.15, 0.2) is 245 Å². The van der Waals surface area contributed by atoms with Crippen molar-refractivity contribution < 1.29 is 92.0 Å². The quantitative estimate of drug-likeness (QED) is 0.0257. The predicted octanol–water partition coefficient (Wildman–Crippen LogP) is 16.0. The van der Waals surface area contributed by atoms with E-state index < -0.39 is 61.1 Å². The van der Waals surface area contributed by atoms with E-state index in [1.807, 2.05) is 222 Å². The van der Waals surface area contributed by atoms with Crippen molar-refractivity contribution in [2.45, 2.75) is 152 Å². The summed E-state index contributed by atoms with van der Waals surface area (Å²) in [4.78, 5) is 0. The lowest BCUT2D eigenvalue weighted by Crippen LogP contribution is -2.41. The van der Waals surface area contributed by atoms with Crippen LogP contribution >= 0.6 is 0 Å². The molecule has 680 valence electrons. The van der Waals surface area contributed by atoms with Gasteiger partial charge in [-0.1, -0.05) is 149 Å². The van der Waals surface area contributed by atoms with E-state index in [1.54, 1.807) is 81.2 Å². The van der Waals surface area contributed by atoms with Crippen LogP contribution in [-0.4, -0.2) is 176 Å². The lowest BCUT2D eigenvalue weighted by Gasteiger charge is -2.30. The first-order valence-corrected chi connectivity index (χ1v) is 47.3. The zero-order valence-corrected chi connectivity index (χ0v) is 77.4. The number of aliphatic hydroxyl groups excluding tert-OH is 4. The van der Waals surface area contributed by atoms with Crippen molar-refractivity contribution in [3.63, 3.8) is 0 Å². The van der Waals surface area contributed by atoms with Gasteiger partial charge in [0.25, 0.3) is 0 Å². The van der Waals surface area contributed by atoms with Crippen molar-refractivity contribution in [3.05, 3.63) is 289 Å². The topological polar surface area (TPSA) is 304 Å². The van der Waals surface area contributed by atoms with Gasteiger partial charge in [-0.15, -0.1) is 26.3 Å². The first kappa shape index (κ1) is 105. The maximum Gasteiger partial charge on any atom is 0.217 e. The fourth-order valence-corrected chi connectivity index (χ4v) is 22.8. The minimum absolute atomic E-state index is 0.163. The van der Waals surface area contributed by atoms with Gasteiger partial charge in [-0.25, -0.2) is 33.7 Å². The van der Waals surface area contributed by atoms with E-state index in [4.69, 9.17) is 37.9 Å². The average Bonchev–Trinajstić information content (AvgIpc) is 0.813. The van der Waals surface area contributed by atoms with Crippen LogP contribution in [0, 0.1) is 23.7 Å². The van der Waals surface area contributed by atoms with Crippen LogP contribution in [0.3, 0.4) is 0 Å². The van der Waals surface area contributed by atoms with Gasteiger partial charge >= 0.3 is 0 Å². The molecule has 0 fully saturated rings. The molecule has 0 aromatic heterocycles. The molecule has 8 atom stereocenters. The van der Waals surface area contributed by atoms with E-state index in [1.165, 1.54) is 17.2 Å². The van der Waals surface area contributed by atoms with E-state index in [2.05, 4.69) is 26.3 Å². The smallest absolute Gasteiger partial charge is 0.217 e. The number of benzene rings is 8. The molecule has 28 heteroatoms. The molecular formula is C96H132N4O20S4. The monoisotopic (exact) mass is 1790 g/mol. The normalized spacial score (nSPS) is 13.6. The molecule has 0 unspecified atom stereocenters. The Balaban J connectivity index is 0.000000294. The summed E-state index contributed by atoms with van der Waals surface area (Å²) < 4.78 is 157. The third-order valence-corrected chi connectivity index (χ3v) is 31.2. The van der Waals surface area contributed by atoms with Crippen LogP contribution < -0.4 is 37.9 Å². The maximum atomic E-state index is 13.7. The van der Waals surface area contributed by atoms with Gasteiger partial charge in [0.15, 0.2) is 0 Å². The molecular weight excluding hydrogens is 1660 g/mol. The molecule has 8 rings (SSSR count). The number of aliphatic hydroxyl groups is 4. The molecule has 24 nitrogen and oxygen atoms in total. The van der Waals surface area contributed by atoms with Crippen molar-refractivity contribution >= 4 is 40.1 Å². The molecule has 0 saturated carbocycles. The number of ether oxygens (including phenoxy) is 8. The Morgan fingerprint density at radius 2 is 0.355 bits per heavy atom. The number of methoxy groups -OCH3 is 8. The molecule has 124 heavy (non-hydrogen) atoms. The molecule has 0 saturated heterocycles. The van der Waals surface area contributed by atoms with Gasteiger partial charge in [0.05, 0.1) is 77.9 Å². The second-order valence-corrected chi connectivity index (χ2v) is 38.9. The lowest BCUT2D eigenvalue weighted by molar-refractivity contribution is 0.269. The van der Waals surface area contributed by atoms with Gasteiger partial charge in [0.2, 0.25) is 40.1 Å². The van der Waals surface area contributed by atoms with Crippen LogP contribution in [-0.2, 0) is 92.5 Å². The molecule has 0 aliphatic rings. The van der Waals surface area contributed by atoms with Crippen LogP contribution in [0.2, 0.25) is 0 Å². The zero-order chi connectivity index (χ0) is 91.4. The second kappa shape index (κ2) is 54.5. The summed E-state index contributed by atoms with van der Waals surface area (Å²) in [6, 6.07) is 58.9. The Labute approximate surface area is 739 Å². The highest BCUT2D eigenvalue weighted by molar-refractivity contribution is 7.90. The number of sulfonamides is 4. The van der Waals surface area contributed by atoms with Crippen LogP contribution in [0.5, 0.6) is 46.0 Å². The van der Waals surface area contributed by atoms with E-state index in [-0.39, 0.29) is 128 Å². The highest BCUT2D eigenvalue weighted by atomic mass is 32.2. The van der Waals surface area contributed by atoms with Crippen LogP contribution in [0.25, 0.3) is 0 Å². The Kier molecular flexibility index (Phi) is 46.2.